The lowest BCUT2D eigenvalue weighted by Gasteiger charge is -2.14. The molecule has 7 heteroatoms. The highest BCUT2D eigenvalue weighted by atomic mass is 16.6. The zero-order valence-electron chi connectivity index (χ0n) is 17.1. The zero-order chi connectivity index (χ0) is 22.5. The highest BCUT2D eigenvalue weighted by Crippen LogP contribution is 2.44. The summed E-state index contributed by atoms with van der Waals surface area (Å²) in [5, 5.41) is 23.1. The van der Waals surface area contributed by atoms with Gasteiger partial charge < -0.3 is 15.2 Å². The number of hydrogen-bond donors (Lipinski definition) is 2. The fourth-order valence-electron chi connectivity index (χ4n) is 3.81. The van der Waals surface area contributed by atoms with Crippen LogP contribution in [0.1, 0.15) is 29.0 Å². The van der Waals surface area contributed by atoms with E-state index in [1.165, 1.54) is 12.1 Å². The van der Waals surface area contributed by atoms with E-state index in [9.17, 15) is 20.0 Å². The quantitative estimate of drug-likeness (QED) is 0.268. The molecular formula is C25H20N2O5. The average molecular weight is 428 g/mol. The molecule has 7 nitrogen and oxygen atoms in total. The van der Waals surface area contributed by atoms with Gasteiger partial charge in [-0.1, -0.05) is 60.4 Å². The van der Waals surface area contributed by atoms with Crippen LogP contribution in [0.4, 0.5) is 10.5 Å². The lowest BCUT2D eigenvalue weighted by molar-refractivity contribution is -0.385. The number of carbonyl (C=O) groups excluding carboxylic acids is 1. The van der Waals surface area contributed by atoms with Crippen molar-refractivity contribution in [2.24, 2.45) is 0 Å². The van der Waals surface area contributed by atoms with Crippen molar-refractivity contribution < 1.29 is 19.6 Å². The minimum Gasteiger partial charge on any atom is -0.508 e. The van der Waals surface area contributed by atoms with E-state index in [2.05, 4.69) is 41.4 Å². The van der Waals surface area contributed by atoms with Gasteiger partial charge in [-0.05, 0) is 34.4 Å². The Balaban J connectivity index is 1.30. The molecule has 0 saturated carbocycles. The molecule has 0 aliphatic heterocycles. The molecule has 0 saturated heterocycles. The Morgan fingerprint density at radius 3 is 2.38 bits per heavy atom. The van der Waals surface area contributed by atoms with Crippen LogP contribution in [0.25, 0.3) is 11.1 Å². The van der Waals surface area contributed by atoms with Crippen molar-refractivity contribution in [1.29, 1.82) is 0 Å². The van der Waals surface area contributed by atoms with Gasteiger partial charge in [0.05, 0.1) is 11.0 Å². The lowest BCUT2D eigenvalue weighted by Crippen LogP contribution is -2.26. The van der Waals surface area contributed by atoms with E-state index < -0.39 is 11.0 Å². The first kappa shape index (κ1) is 20.9. The highest BCUT2D eigenvalue weighted by molar-refractivity contribution is 5.79. The van der Waals surface area contributed by atoms with Gasteiger partial charge in [0.2, 0.25) is 0 Å². The molecule has 0 bridgehead atoms. The summed E-state index contributed by atoms with van der Waals surface area (Å²) in [6.07, 6.45) is -0.244. The van der Waals surface area contributed by atoms with Crippen molar-refractivity contribution in [3.05, 3.63) is 93.5 Å². The number of hydrogen-bond acceptors (Lipinski definition) is 5. The van der Waals surface area contributed by atoms with Gasteiger partial charge in [-0.15, -0.1) is 0 Å². The van der Waals surface area contributed by atoms with Gasteiger partial charge in [0, 0.05) is 18.9 Å². The van der Waals surface area contributed by atoms with Gasteiger partial charge in [0.1, 0.15) is 17.9 Å². The maximum Gasteiger partial charge on any atom is 0.407 e. The molecule has 0 unspecified atom stereocenters. The van der Waals surface area contributed by atoms with Crippen LogP contribution in [0.2, 0.25) is 0 Å². The summed E-state index contributed by atoms with van der Waals surface area (Å²) < 4.78 is 5.45. The van der Waals surface area contributed by atoms with E-state index >= 15 is 0 Å². The third-order valence-corrected chi connectivity index (χ3v) is 5.26. The van der Waals surface area contributed by atoms with Crippen molar-refractivity contribution in [3.63, 3.8) is 0 Å². The van der Waals surface area contributed by atoms with E-state index in [1.807, 2.05) is 24.3 Å². The molecule has 2 N–H and O–H groups in total. The Bertz CT molecular complexity index is 1200. The number of carbonyl (C=O) groups is 1. The van der Waals surface area contributed by atoms with Crippen molar-refractivity contribution in [2.45, 2.75) is 12.3 Å². The molecule has 160 valence electrons. The van der Waals surface area contributed by atoms with Crippen LogP contribution in [0.3, 0.4) is 0 Å². The molecule has 0 heterocycles. The first-order chi connectivity index (χ1) is 15.5. The monoisotopic (exact) mass is 428 g/mol. The number of phenolic OH excluding ortho intramolecular Hbond substituents is 1. The van der Waals surface area contributed by atoms with Crippen LogP contribution in [0.5, 0.6) is 5.75 Å². The van der Waals surface area contributed by atoms with Crippen LogP contribution in [0.15, 0.2) is 66.7 Å². The lowest BCUT2D eigenvalue weighted by atomic mass is 9.98. The summed E-state index contributed by atoms with van der Waals surface area (Å²) in [7, 11) is 0. The summed E-state index contributed by atoms with van der Waals surface area (Å²) in [6, 6.07) is 20.0. The van der Waals surface area contributed by atoms with E-state index in [0.29, 0.717) is 6.42 Å². The number of ether oxygens (including phenoxy) is 1. The smallest absolute Gasteiger partial charge is 0.407 e. The van der Waals surface area contributed by atoms with Crippen LogP contribution >= 0.6 is 0 Å². The van der Waals surface area contributed by atoms with Gasteiger partial charge in [0.15, 0.2) is 0 Å². The number of aromatic hydroxyl groups is 1. The molecule has 0 aromatic heterocycles. The number of rotatable bonds is 5. The third kappa shape index (κ3) is 4.40. The van der Waals surface area contributed by atoms with Gasteiger partial charge in [-0.2, -0.15) is 0 Å². The zero-order valence-corrected chi connectivity index (χ0v) is 17.1. The minimum atomic E-state index is -0.599. The normalized spacial score (nSPS) is 11.6. The van der Waals surface area contributed by atoms with Gasteiger partial charge >= 0.3 is 6.09 Å². The maximum atomic E-state index is 12.1. The summed E-state index contributed by atoms with van der Waals surface area (Å²) in [4.78, 5) is 22.6. The maximum absolute atomic E-state index is 12.1. The predicted octanol–water partition coefficient (Wildman–Crippen LogP) is 4.58. The van der Waals surface area contributed by atoms with E-state index in [4.69, 9.17) is 4.74 Å². The number of alkyl carbamates (subject to hydrolysis) is 1. The second-order valence-corrected chi connectivity index (χ2v) is 7.26. The van der Waals surface area contributed by atoms with Gasteiger partial charge in [0.25, 0.3) is 5.69 Å². The van der Waals surface area contributed by atoms with E-state index in [-0.39, 0.29) is 36.1 Å². The van der Waals surface area contributed by atoms with Crippen molar-refractivity contribution >= 4 is 11.8 Å². The second kappa shape index (κ2) is 9.23. The number of nitrogens with one attached hydrogen (secondary N) is 1. The summed E-state index contributed by atoms with van der Waals surface area (Å²) in [6.45, 7) is 0.473. The number of nitrogens with zero attached hydrogens (tertiary/aromatic N) is 1. The summed E-state index contributed by atoms with van der Waals surface area (Å²) in [5.41, 5.74) is 4.55. The topological polar surface area (TPSA) is 102 Å². The van der Waals surface area contributed by atoms with Crippen molar-refractivity contribution in [1.82, 2.24) is 5.32 Å². The van der Waals surface area contributed by atoms with E-state index in [1.54, 1.807) is 0 Å². The van der Waals surface area contributed by atoms with Crippen LogP contribution < -0.4 is 5.32 Å². The van der Waals surface area contributed by atoms with Gasteiger partial charge in [-0.25, -0.2) is 4.79 Å². The molecule has 1 amide bonds. The van der Waals surface area contributed by atoms with Crippen LogP contribution in [-0.4, -0.2) is 29.3 Å². The Morgan fingerprint density at radius 1 is 1.06 bits per heavy atom. The number of fused-ring (bicyclic) bond motifs is 3. The van der Waals surface area contributed by atoms with Crippen molar-refractivity contribution in [2.75, 3.05) is 13.2 Å². The standard InChI is InChI=1S/C25H20N2O5/c28-18-13-12-17(24(15-18)27(30)31)7-5-6-14-26-25(29)32-16-23-21-10-3-1-8-19(21)20-9-2-4-11-22(20)23/h1-4,8-13,15,23,28H,6,14,16H2,(H,26,29). The Morgan fingerprint density at radius 2 is 1.72 bits per heavy atom. The van der Waals surface area contributed by atoms with Gasteiger partial charge in [-0.3, -0.25) is 10.1 Å². The molecule has 0 radical (unpaired) electrons. The number of phenols is 1. The number of nitro benzene ring substituents is 1. The van der Waals surface area contributed by atoms with Crippen LogP contribution in [0, 0.1) is 22.0 Å². The highest BCUT2D eigenvalue weighted by Gasteiger charge is 2.28. The average Bonchev–Trinajstić information content (AvgIpc) is 3.12. The van der Waals surface area contributed by atoms with Crippen LogP contribution in [-0.2, 0) is 4.74 Å². The SMILES string of the molecule is O=C(NCCC#Cc1ccc(O)cc1[N+](=O)[O-])OCC1c2ccccc2-c2ccccc21. The molecule has 32 heavy (non-hydrogen) atoms. The molecule has 0 spiro atoms. The number of amides is 1. The van der Waals surface area contributed by atoms with E-state index in [0.717, 1.165) is 28.3 Å². The molecule has 0 fully saturated rings. The minimum absolute atomic E-state index is 0.0111. The summed E-state index contributed by atoms with van der Waals surface area (Å²) in [5.74, 6) is 5.28. The predicted molar refractivity (Wildman–Crippen MR) is 119 cm³/mol. The number of nitro groups is 1. The molecule has 3 aromatic carbocycles. The third-order valence-electron chi connectivity index (χ3n) is 5.26. The first-order valence-corrected chi connectivity index (χ1v) is 10.1. The molecule has 1 aliphatic carbocycles. The molecule has 0 atom stereocenters. The fourth-order valence-corrected chi connectivity index (χ4v) is 3.81. The Hall–Kier alpha value is -4.31. The molecule has 4 rings (SSSR count). The molecular weight excluding hydrogens is 408 g/mol. The summed E-state index contributed by atoms with van der Waals surface area (Å²) >= 11 is 0. The number of benzene rings is 3. The Labute approximate surface area is 184 Å². The largest absolute Gasteiger partial charge is 0.508 e. The van der Waals surface area contributed by atoms with Crippen molar-refractivity contribution in [3.8, 4) is 28.7 Å². The second-order valence-electron chi connectivity index (χ2n) is 7.26. The fraction of sp³-hybridized carbons (Fsp3) is 0.160. The molecule has 3 aromatic rings. The Kier molecular flexibility index (Phi) is 6.04. The molecule has 1 aliphatic rings. The first-order valence-electron chi connectivity index (χ1n) is 10.1.